The van der Waals surface area contributed by atoms with E-state index in [9.17, 15) is 9.18 Å². The van der Waals surface area contributed by atoms with Gasteiger partial charge in [-0.05, 0) is 38.8 Å². The smallest absolute Gasteiger partial charge is 0.260 e. The zero-order valence-electron chi connectivity index (χ0n) is 12.5. The molecule has 1 aromatic carbocycles. The molecule has 0 aromatic heterocycles. The molecule has 1 aromatic rings. The first kappa shape index (κ1) is 15.8. The molecule has 0 atom stereocenters. The Balaban J connectivity index is 1.75. The number of amides is 1. The van der Waals surface area contributed by atoms with Crippen LogP contribution in [0.5, 0.6) is 5.75 Å². The molecule has 1 aliphatic rings. The first-order valence-electron chi connectivity index (χ1n) is 7.36. The van der Waals surface area contributed by atoms with E-state index >= 15 is 0 Å². The SMILES string of the molecule is CC(C)OC1CCN(C(=O)COc2cccc(F)c2)CC1. The minimum absolute atomic E-state index is 0.0564. The van der Waals surface area contributed by atoms with Gasteiger partial charge in [0.05, 0.1) is 12.2 Å². The predicted molar refractivity (Wildman–Crippen MR) is 77.7 cm³/mol. The van der Waals surface area contributed by atoms with Crippen molar-refractivity contribution in [2.24, 2.45) is 0 Å². The standard InChI is InChI=1S/C16H22FNO3/c1-12(2)21-14-6-8-18(9-7-14)16(19)11-20-15-5-3-4-13(17)10-15/h3-5,10,12,14H,6-9,11H2,1-2H3. The Morgan fingerprint density at radius 3 is 2.71 bits per heavy atom. The zero-order valence-corrected chi connectivity index (χ0v) is 12.5. The first-order chi connectivity index (χ1) is 10.0. The summed E-state index contributed by atoms with van der Waals surface area (Å²) in [5.74, 6) is -0.0600. The van der Waals surface area contributed by atoms with E-state index in [2.05, 4.69) is 0 Å². The molecule has 0 saturated carbocycles. The Labute approximate surface area is 124 Å². The second kappa shape index (κ2) is 7.41. The van der Waals surface area contributed by atoms with Gasteiger partial charge in [-0.25, -0.2) is 4.39 Å². The second-order valence-electron chi connectivity index (χ2n) is 5.51. The van der Waals surface area contributed by atoms with E-state index in [1.165, 1.54) is 12.1 Å². The third-order valence-electron chi connectivity index (χ3n) is 3.42. The Morgan fingerprint density at radius 1 is 1.38 bits per heavy atom. The molecule has 0 aliphatic carbocycles. The van der Waals surface area contributed by atoms with Crippen LogP contribution < -0.4 is 4.74 Å². The van der Waals surface area contributed by atoms with Crippen LogP contribution >= 0.6 is 0 Å². The van der Waals surface area contributed by atoms with Crippen LogP contribution in [0, 0.1) is 5.82 Å². The molecule has 0 bridgehead atoms. The highest BCUT2D eigenvalue weighted by Crippen LogP contribution is 2.16. The van der Waals surface area contributed by atoms with Crippen molar-refractivity contribution >= 4 is 5.91 Å². The van der Waals surface area contributed by atoms with Gasteiger partial charge >= 0.3 is 0 Å². The fraction of sp³-hybridized carbons (Fsp3) is 0.562. The van der Waals surface area contributed by atoms with Crippen molar-refractivity contribution in [3.8, 4) is 5.75 Å². The number of piperidine rings is 1. The van der Waals surface area contributed by atoms with E-state index < -0.39 is 0 Å². The summed E-state index contributed by atoms with van der Waals surface area (Å²) in [6.45, 7) is 5.35. The van der Waals surface area contributed by atoms with Crippen LogP contribution in [-0.4, -0.2) is 42.7 Å². The predicted octanol–water partition coefficient (Wildman–Crippen LogP) is 2.62. The van der Waals surface area contributed by atoms with Gasteiger partial charge in [-0.3, -0.25) is 4.79 Å². The van der Waals surface area contributed by atoms with Crippen molar-refractivity contribution in [2.45, 2.75) is 38.9 Å². The summed E-state index contributed by atoms with van der Waals surface area (Å²) in [4.78, 5) is 13.8. The van der Waals surface area contributed by atoms with E-state index in [0.29, 0.717) is 18.8 Å². The number of hydrogen-bond acceptors (Lipinski definition) is 3. The Morgan fingerprint density at radius 2 is 2.10 bits per heavy atom. The lowest BCUT2D eigenvalue weighted by molar-refractivity contribution is -0.136. The number of nitrogens with zero attached hydrogens (tertiary/aromatic N) is 1. The maximum atomic E-state index is 13.0. The summed E-state index contributed by atoms with van der Waals surface area (Å²) < 4.78 is 24.1. The summed E-state index contributed by atoms with van der Waals surface area (Å²) in [6.07, 6.45) is 2.15. The topological polar surface area (TPSA) is 38.8 Å². The Hall–Kier alpha value is -1.62. The van der Waals surface area contributed by atoms with Crippen molar-refractivity contribution in [1.29, 1.82) is 0 Å². The van der Waals surface area contributed by atoms with Gasteiger partial charge in [0.15, 0.2) is 6.61 Å². The van der Waals surface area contributed by atoms with Crippen LogP contribution in [-0.2, 0) is 9.53 Å². The maximum Gasteiger partial charge on any atom is 0.260 e. The normalized spacial score (nSPS) is 16.3. The quantitative estimate of drug-likeness (QED) is 0.838. The molecule has 0 unspecified atom stereocenters. The van der Waals surface area contributed by atoms with Crippen molar-refractivity contribution in [3.05, 3.63) is 30.1 Å². The van der Waals surface area contributed by atoms with Crippen molar-refractivity contribution in [2.75, 3.05) is 19.7 Å². The Bertz CT molecular complexity index is 470. The largest absolute Gasteiger partial charge is 0.484 e. The van der Waals surface area contributed by atoms with Gasteiger partial charge in [-0.15, -0.1) is 0 Å². The number of likely N-dealkylation sites (tertiary alicyclic amines) is 1. The van der Waals surface area contributed by atoms with Crippen LogP contribution in [0.2, 0.25) is 0 Å². The molecule has 116 valence electrons. The van der Waals surface area contributed by atoms with Gasteiger partial charge in [0.1, 0.15) is 11.6 Å². The zero-order chi connectivity index (χ0) is 15.2. The van der Waals surface area contributed by atoms with Gasteiger partial charge in [-0.1, -0.05) is 6.07 Å². The molecule has 4 nitrogen and oxygen atoms in total. The molecule has 0 spiro atoms. The molecule has 1 aliphatic heterocycles. The third kappa shape index (κ3) is 5.01. The number of carbonyl (C=O) groups is 1. The van der Waals surface area contributed by atoms with Crippen LogP contribution in [0.15, 0.2) is 24.3 Å². The summed E-state index contributed by atoms with van der Waals surface area (Å²) in [5, 5.41) is 0. The van der Waals surface area contributed by atoms with Crippen molar-refractivity contribution < 1.29 is 18.7 Å². The summed E-state index contributed by atoms with van der Waals surface area (Å²) in [6, 6.07) is 5.81. The third-order valence-corrected chi connectivity index (χ3v) is 3.42. The summed E-state index contributed by atoms with van der Waals surface area (Å²) in [7, 11) is 0. The first-order valence-corrected chi connectivity index (χ1v) is 7.36. The molecule has 1 amide bonds. The number of rotatable bonds is 5. The second-order valence-corrected chi connectivity index (χ2v) is 5.51. The number of benzene rings is 1. The minimum atomic E-state index is -0.369. The lowest BCUT2D eigenvalue weighted by Crippen LogP contribution is -2.43. The summed E-state index contributed by atoms with van der Waals surface area (Å²) in [5.41, 5.74) is 0. The van der Waals surface area contributed by atoms with Crippen LogP contribution in [0.3, 0.4) is 0 Å². The highest BCUT2D eigenvalue weighted by atomic mass is 19.1. The molecule has 0 N–H and O–H groups in total. The van der Waals surface area contributed by atoms with E-state index in [-0.39, 0.29) is 30.5 Å². The molecule has 1 fully saturated rings. The summed E-state index contributed by atoms with van der Waals surface area (Å²) >= 11 is 0. The van der Waals surface area contributed by atoms with Crippen molar-refractivity contribution in [1.82, 2.24) is 4.90 Å². The van der Waals surface area contributed by atoms with E-state index in [1.54, 1.807) is 17.0 Å². The molecule has 5 heteroatoms. The number of carbonyl (C=O) groups excluding carboxylic acids is 1. The molecule has 21 heavy (non-hydrogen) atoms. The number of halogens is 1. The van der Waals surface area contributed by atoms with Gasteiger partial charge < -0.3 is 14.4 Å². The Kier molecular flexibility index (Phi) is 5.56. The monoisotopic (exact) mass is 295 g/mol. The van der Waals surface area contributed by atoms with Gasteiger partial charge in [-0.2, -0.15) is 0 Å². The van der Waals surface area contributed by atoms with Gasteiger partial charge in [0.25, 0.3) is 5.91 Å². The van der Waals surface area contributed by atoms with Crippen LogP contribution in [0.4, 0.5) is 4.39 Å². The van der Waals surface area contributed by atoms with Gasteiger partial charge in [0.2, 0.25) is 0 Å². The highest BCUT2D eigenvalue weighted by molar-refractivity contribution is 5.77. The van der Waals surface area contributed by atoms with E-state index in [1.807, 2.05) is 13.8 Å². The van der Waals surface area contributed by atoms with Crippen LogP contribution in [0.1, 0.15) is 26.7 Å². The lowest BCUT2D eigenvalue weighted by atomic mass is 10.1. The molecule has 2 rings (SSSR count). The average molecular weight is 295 g/mol. The number of hydrogen-bond donors (Lipinski definition) is 0. The lowest BCUT2D eigenvalue weighted by Gasteiger charge is -2.32. The van der Waals surface area contributed by atoms with Crippen molar-refractivity contribution in [3.63, 3.8) is 0 Å². The molecule has 1 heterocycles. The molecule has 1 saturated heterocycles. The van der Waals surface area contributed by atoms with Crippen LogP contribution in [0.25, 0.3) is 0 Å². The minimum Gasteiger partial charge on any atom is -0.484 e. The average Bonchev–Trinajstić information content (AvgIpc) is 2.45. The van der Waals surface area contributed by atoms with E-state index in [4.69, 9.17) is 9.47 Å². The number of ether oxygens (including phenoxy) is 2. The molecular weight excluding hydrogens is 273 g/mol. The fourth-order valence-electron chi connectivity index (χ4n) is 2.42. The molecular formula is C16H22FNO3. The highest BCUT2D eigenvalue weighted by Gasteiger charge is 2.23. The fourth-order valence-corrected chi connectivity index (χ4v) is 2.42. The molecule has 0 radical (unpaired) electrons. The maximum absolute atomic E-state index is 13.0. The van der Waals surface area contributed by atoms with Gasteiger partial charge in [0, 0.05) is 19.2 Å². The van der Waals surface area contributed by atoms with E-state index in [0.717, 1.165) is 12.8 Å².